The minimum Gasteiger partial charge on any atom is -0.490 e. The standard InChI is InChI=1S/C40H56N2O9S/c1-29-7-14-35(15-8-29)52(44,45)42-22-38(50-26-31(3)43)40(34-12-9-32(10-13-34)27-48-25-30(2)24-47-5)39(23-42)51-28-33-11-16-37-36(21-33)41(18-20-49-37)17-6-19-46-4/h7-16,21,30-31,38-40,43H,6,17-20,22-28H2,1-5H3/t30?,31?,38-,39+,40+/m1/s1. The Morgan fingerprint density at radius 3 is 2.27 bits per heavy atom. The van der Waals surface area contributed by atoms with Gasteiger partial charge in [0.25, 0.3) is 0 Å². The third-order valence-corrected chi connectivity index (χ3v) is 11.3. The minimum absolute atomic E-state index is 0.0572. The summed E-state index contributed by atoms with van der Waals surface area (Å²) >= 11 is 0. The number of hydrogen-bond acceptors (Lipinski definition) is 10. The van der Waals surface area contributed by atoms with E-state index in [1.807, 2.05) is 31.2 Å². The lowest BCUT2D eigenvalue weighted by Crippen LogP contribution is -2.54. The SMILES string of the molecule is COCCCN1CCOc2ccc(CO[C@H]3CN(S(=O)(=O)c4ccc(C)cc4)C[C@@H](OCC(C)O)[C@@H]3c3ccc(COCC(C)COC)cc3)cc21. The van der Waals surface area contributed by atoms with Crippen LogP contribution in [0.1, 0.15) is 48.4 Å². The van der Waals surface area contributed by atoms with Gasteiger partial charge in [0.05, 0.1) is 68.5 Å². The Balaban J connectivity index is 1.42. The molecule has 1 N–H and O–H groups in total. The summed E-state index contributed by atoms with van der Waals surface area (Å²) in [6.45, 7) is 10.9. The first-order valence-corrected chi connectivity index (χ1v) is 19.7. The van der Waals surface area contributed by atoms with Crippen LogP contribution in [0.25, 0.3) is 0 Å². The first-order chi connectivity index (χ1) is 25.1. The molecule has 0 spiro atoms. The van der Waals surface area contributed by atoms with Crippen LogP contribution in [0.15, 0.2) is 71.6 Å². The number of ether oxygens (including phenoxy) is 6. The summed E-state index contributed by atoms with van der Waals surface area (Å²) in [5.41, 5.74) is 4.93. The highest BCUT2D eigenvalue weighted by atomic mass is 32.2. The van der Waals surface area contributed by atoms with Gasteiger partial charge in [0, 0.05) is 52.3 Å². The average Bonchev–Trinajstić information content (AvgIpc) is 3.13. The van der Waals surface area contributed by atoms with Gasteiger partial charge < -0.3 is 38.4 Å². The van der Waals surface area contributed by atoms with Crippen molar-refractivity contribution in [2.24, 2.45) is 5.92 Å². The molecule has 1 saturated heterocycles. The van der Waals surface area contributed by atoms with Crippen molar-refractivity contribution in [1.82, 2.24) is 4.31 Å². The fraction of sp³-hybridized carbons (Fsp3) is 0.550. The van der Waals surface area contributed by atoms with Crippen LogP contribution in [-0.2, 0) is 46.9 Å². The van der Waals surface area contributed by atoms with Crippen LogP contribution in [0.2, 0.25) is 0 Å². The highest BCUT2D eigenvalue weighted by Crippen LogP contribution is 2.37. The van der Waals surface area contributed by atoms with Gasteiger partial charge in [-0.05, 0) is 61.2 Å². The van der Waals surface area contributed by atoms with E-state index in [4.69, 9.17) is 28.4 Å². The third-order valence-electron chi connectivity index (χ3n) is 9.49. The molecule has 0 aliphatic carbocycles. The lowest BCUT2D eigenvalue weighted by Gasteiger charge is -2.43. The normalized spacial score (nSPS) is 20.7. The zero-order valence-electron chi connectivity index (χ0n) is 31.2. The van der Waals surface area contributed by atoms with Crippen molar-refractivity contribution >= 4 is 15.7 Å². The van der Waals surface area contributed by atoms with Crippen LogP contribution in [-0.4, -0.2) is 110 Å². The van der Waals surface area contributed by atoms with Crippen LogP contribution in [0, 0.1) is 12.8 Å². The highest BCUT2D eigenvalue weighted by Gasteiger charge is 2.44. The fourth-order valence-electron chi connectivity index (χ4n) is 6.79. The van der Waals surface area contributed by atoms with E-state index in [1.165, 1.54) is 4.31 Å². The number of anilines is 1. The third kappa shape index (κ3) is 10.8. The summed E-state index contributed by atoms with van der Waals surface area (Å²) in [6, 6.07) is 21.1. The Kier molecular flexibility index (Phi) is 14.9. The number of aliphatic hydroxyl groups is 1. The Hall–Kier alpha value is -3.07. The molecule has 0 amide bonds. The second kappa shape index (κ2) is 19.3. The lowest BCUT2D eigenvalue weighted by atomic mass is 9.85. The molecule has 3 aromatic carbocycles. The molecular formula is C40H56N2O9S. The molecule has 52 heavy (non-hydrogen) atoms. The highest BCUT2D eigenvalue weighted by molar-refractivity contribution is 7.89. The lowest BCUT2D eigenvalue weighted by molar-refractivity contribution is -0.0916. The molecule has 2 heterocycles. The molecule has 2 unspecified atom stereocenters. The Morgan fingerprint density at radius 2 is 1.58 bits per heavy atom. The number of nitrogens with zero attached hydrogens (tertiary/aromatic N) is 2. The van der Waals surface area contributed by atoms with Crippen LogP contribution in [0.4, 0.5) is 5.69 Å². The summed E-state index contributed by atoms with van der Waals surface area (Å²) in [5, 5.41) is 10.2. The predicted octanol–water partition coefficient (Wildman–Crippen LogP) is 5.17. The van der Waals surface area contributed by atoms with E-state index in [9.17, 15) is 13.5 Å². The molecule has 5 atom stereocenters. The summed E-state index contributed by atoms with van der Waals surface area (Å²) in [7, 11) is -0.479. The number of fused-ring (bicyclic) bond motifs is 1. The van der Waals surface area contributed by atoms with Gasteiger partial charge in [-0.2, -0.15) is 4.31 Å². The summed E-state index contributed by atoms with van der Waals surface area (Å²) < 4.78 is 65.2. The van der Waals surface area contributed by atoms with E-state index in [0.717, 1.165) is 53.2 Å². The van der Waals surface area contributed by atoms with E-state index >= 15 is 0 Å². The Labute approximate surface area is 309 Å². The van der Waals surface area contributed by atoms with E-state index in [2.05, 4.69) is 30.0 Å². The largest absolute Gasteiger partial charge is 0.490 e. The number of aryl methyl sites for hydroxylation is 1. The number of benzene rings is 3. The number of rotatable bonds is 19. The van der Waals surface area contributed by atoms with Gasteiger partial charge in [-0.15, -0.1) is 0 Å². The van der Waals surface area contributed by atoms with Crippen molar-refractivity contribution in [2.75, 3.05) is 78.3 Å². The van der Waals surface area contributed by atoms with Crippen LogP contribution in [0.5, 0.6) is 5.75 Å². The maximum absolute atomic E-state index is 14.1. The molecule has 12 heteroatoms. The molecule has 0 saturated carbocycles. The van der Waals surface area contributed by atoms with E-state index in [0.29, 0.717) is 33.0 Å². The molecule has 0 bridgehead atoms. The number of sulfonamides is 1. The first kappa shape index (κ1) is 40.1. The molecule has 5 rings (SSSR count). The van der Waals surface area contributed by atoms with Crippen molar-refractivity contribution in [3.63, 3.8) is 0 Å². The predicted molar refractivity (Wildman–Crippen MR) is 200 cm³/mol. The summed E-state index contributed by atoms with van der Waals surface area (Å²) in [5.74, 6) is 0.810. The molecule has 0 radical (unpaired) electrons. The monoisotopic (exact) mass is 740 g/mol. The zero-order valence-corrected chi connectivity index (χ0v) is 32.1. The summed E-state index contributed by atoms with van der Waals surface area (Å²) in [6.07, 6.45) is -0.972. The maximum Gasteiger partial charge on any atom is 0.243 e. The molecule has 286 valence electrons. The van der Waals surface area contributed by atoms with Gasteiger partial charge in [-0.3, -0.25) is 0 Å². The molecule has 0 aromatic heterocycles. The zero-order chi connectivity index (χ0) is 37.1. The number of piperidine rings is 1. The van der Waals surface area contributed by atoms with Crippen molar-refractivity contribution in [3.05, 3.63) is 89.0 Å². The summed E-state index contributed by atoms with van der Waals surface area (Å²) in [4.78, 5) is 2.53. The molecule has 2 aliphatic rings. The van der Waals surface area contributed by atoms with Gasteiger partial charge in [-0.1, -0.05) is 55.0 Å². The maximum atomic E-state index is 14.1. The topological polar surface area (TPSA) is 116 Å². The van der Waals surface area contributed by atoms with E-state index < -0.39 is 28.3 Å². The van der Waals surface area contributed by atoms with Gasteiger partial charge in [0.2, 0.25) is 10.0 Å². The van der Waals surface area contributed by atoms with Crippen molar-refractivity contribution in [3.8, 4) is 5.75 Å². The average molecular weight is 741 g/mol. The second-order valence-corrected chi connectivity index (χ2v) is 16.0. The van der Waals surface area contributed by atoms with Crippen molar-refractivity contribution in [1.29, 1.82) is 0 Å². The van der Waals surface area contributed by atoms with Crippen LogP contribution in [0.3, 0.4) is 0 Å². The first-order valence-electron chi connectivity index (χ1n) is 18.2. The molecule has 1 fully saturated rings. The Morgan fingerprint density at radius 1 is 0.865 bits per heavy atom. The van der Waals surface area contributed by atoms with Gasteiger partial charge in [-0.25, -0.2) is 8.42 Å². The second-order valence-electron chi connectivity index (χ2n) is 14.0. The smallest absolute Gasteiger partial charge is 0.243 e. The number of hydrogen-bond donors (Lipinski definition) is 1. The number of methoxy groups -OCH3 is 2. The van der Waals surface area contributed by atoms with Crippen molar-refractivity contribution < 1.29 is 41.9 Å². The van der Waals surface area contributed by atoms with Crippen LogP contribution < -0.4 is 9.64 Å². The van der Waals surface area contributed by atoms with Crippen LogP contribution >= 0.6 is 0 Å². The Bertz CT molecular complexity index is 1640. The molecule has 11 nitrogen and oxygen atoms in total. The van der Waals surface area contributed by atoms with Gasteiger partial charge >= 0.3 is 0 Å². The van der Waals surface area contributed by atoms with Gasteiger partial charge in [0.1, 0.15) is 12.4 Å². The quantitative estimate of drug-likeness (QED) is 0.165. The van der Waals surface area contributed by atoms with E-state index in [1.54, 1.807) is 45.4 Å². The molecular weight excluding hydrogens is 685 g/mol. The van der Waals surface area contributed by atoms with E-state index in [-0.39, 0.29) is 43.0 Å². The fourth-order valence-corrected chi connectivity index (χ4v) is 8.26. The molecule has 3 aromatic rings. The van der Waals surface area contributed by atoms with Crippen molar-refractivity contribution in [2.45, 2.75) is 69.5 Å². The number of aliphatic hydroxyl groups excluding tert-OH is 1. The molecule has 2 aliphatic heterocycles. The van der Waals surface area contributed by atoms with Gasteiger partial charge in [0.15, 0.2) is 0 Å². The minimum atomic E-state index is -3.88.